The van der Waals surface area contributed by atoms with E-state index in [4.69, 9.17) is 0 Å². The average Bonchev–Trinajstić information content (AvgIpc) is 3.05. The zero-order valence-corrected chi connectivity index (χ0v) is 14.5. The van der Waals surface area contributed by atoms with Crippen LogP contribution in [0.2, 0.25) is 0 Å². The fraction of sp³-hybridized carbons (Fsp3) is 0.211. The van der Waals surface area contributed by atoms with Gasteiger partial charge in [-0.25, -0.2) is 0 Å². The van der Waals surface area contributed by atoms with Gasteiger partial charge in [-0.15, -0.1) is 10.2 Å². The quantitative estimate of drug-likeness (QED) is 0.496. The largest absolute Gasteiger partial charge is 0.302 e. The van der Waals surface area contributed by atoms with Gasteiger partial charge in [-0.2, -0.15) is 0 Å². The topological polar surface area (TPSA) is 47.8 Å². The molecule has 0 saturated heterocycles. The Labute approximate surface area is 145 Å². The summed E-state index contributed by atoms with van der Waals surface area (Å²) in [4.78, 5) is 12.5. The molecule has 0 fully saturated rings. The Morgan fingerprint density at radius 1 is 1.04 bits per heavy atom. The first-order valence-corrected chi connectivity index (χ1v) is 8.83. The molecule has 1 atom stereocenters. The number of benzene rings is 2. The first kappa shape index (κ1) is 16.5. The number of thioether (sulfide) groups is 1. The van der Waals surface area contributed by atoms with Crippen molar-refractivity contribution in [3.05, 3.63) is 66.2 Å². The SMILES string of the molecule is CCn1c(SC(C)C(=O)c2ccccc2)nnc1-c1ccccc1. The Morgan fingerprint density at radius 3 is 2.29 bits per heavy atom. The summed E-state index contributed by atoms with van der Waals surface area (Å²) < 4.78 is 2.05. The molecular formula is C19H19N3OS. The third-order valence-electron chi connectivity index (χ3n) is 3.77. The number of ketones is 1. The third kappa shape index (κ3) is 3.41. The molecule has 0 saturated carbocycles. The second kappa shape index (κ2) is 7.45. The minimum atomic E-state index is -0.217. The smallest absolute Gasteiger partial charge is 0.192 e. The number of carbonyl (C=O) groups excluding carboxylic acids is 1. The molecule has 3 aromatic rings. The van der Waals surface area contributed by atoms with E-state index in [1.165, 1.54) is 11.8 Å². The molecule has 1 unspecified atom stereocenters. The molecule has 1 aromatic heterocycles. The van der Waals surface area contributed by atoms with Crippen molar-refractivity contribution in [1.29, 1.82) is 0 Å². The molecule has 3 rings (SSSR count). The summed E-state index contributed by atoms with van der Waals surface area (Å²) >= 11 is 1.45. The van der Waals surface area contributed by atoms with Gasteiger partial charge in [0.25, 0.3) is 0 Å². The van der Waals surface area contributed by atoms with Gasteiger partial charge in [0.2, 0.25) is 0 Å². The lowest BCUT2D eigenvalue weighted by molar-refractivity contribution is 0.0994. The van der Waals surface area contributed by atoms with Crippen LogP contribution >= 0.6 is 11.8 Å². The lowest BCUT2D eigenvalue weighted by atomic mass is 10.1. The van der Waals surface area contributed by atoms with Crippen molar-refractivity contribution in [2.75, 3.05) is 0 Å². The van der Waals surface area contributed by atoms with Crippen LogP contribution in [0.5, 0.6) is 0 Å². The van der Waals surface area contributed by atoms with Crippen molar-refractivity contribution in [3.8, 4) is 11.4 Å². The van der Waals surface area contributed by atoms with Crippen molar-refractivity contribution in [2.24, 2.45) is 0 Å². The van der Waals surface area contributed by atoms with Crippen LogP contribution in [0.25, 0.3) is 11.4 Å². The van der Waals surface area contributed by atoms with Crippen molar-refractivity contribution in [2.45, 2.75) is 30.8 Å². The van der Waals surface area contributed by atoms with Gasteiger partial charge < -0.3 is 4.57 Å². The second-order valence-electron chi connectivity index (χ2n) is 5.41. The van der Waals surface area contributed by atoms with Gasteiger partial charge in [-0.3, -0.25) is 4.79 Å². The van der Waals surface area contributed by atoms with E-state index >= 15 is 0 Å². The first-order valence-electron chi connectivity index (χ1n) is 7.95. The lowest BCUT2D eigenvalue weighted by Gasteiger charge is -2.11. The Morgan fingerprint density at radius 2 is 1.67 bits per heavy atom. The van der Waals surface area contributed by atoms with E-state index in [0.717, 1.165) is 28.7 Å². The molecule has 0 aliphatic carbocycles. The van der Waals surface area contributed by atoms with Gasteiger partial charge in [0.1, 0.15) is 0 Å². The van der Waals surface area contributed by atoms with Gasteiger partial charge in [-0.05, 0) is 13.8 Å². The molecule has 0 aliphatic heterocycles. The second-order valence-corrected chi connectivity index (χ2v) is 6.71. The summed E-state index contributed by atoms with van der Waals surface area (Å²) in [5, 5.41) is 9.18. The van der Waals surface area contributed by atoms with E-state index < -0.39 is 0 Å². The fourth-order valence-electron chi connectivity index (χ4n) is 2.51. The van der Waals surface area contributed by atoms with Crippen LogP contribution in [0.15, 0.2) is 65.8 Å². The molecule has 0 bridgehead atoms. The molecule has 0 radical (unpaired) electrons. The number of rotatable bonds is 6. The predicted octanol–water partition coefficient (Wildman–Crippen LogP) is 4.33. The van der Waals surface area contributed by atoms with E-state index in [1.807, 2.05) is 67.6 Å². The van der Waals surface area contributed by atoms with E-state index in [-0.39, 0.29) is 11.0 Å². The lowest BCUT2D eigenvalue weighted by Crippen LogP contribution is -2.14. The van der Waals surface area contributed by atoms with E-state index in [1.54, 1.807) is 0 Å². The molecule has 0 N–H and O–H groups in total. The Bertz CT molecular complexity index is 815. The monoisotopic (exact) mass is 337 g/mol. The number of aromatic nitrogens is 3. The summed E-state index contributed by atoms with van der Waals surface area (Å²) in [6.45, 7) is 4.73. The van der Waals surface area contributed by atoms with Gasteiger partial charge in [0, 0.05) is 17.7 Å². The van der Waals surface area contributed by atoms with Gasteiger partial charge in [0.05, 0.1) is 5.25 Å². The molecule has 4 nitrogen and oxygen atoms in total. The number of nitrogens with zero attached hydrogens (tertiary/aromatic N) is 3. The third-order valence-corrected chi connectivity index (χ3v) is 4.86. The normalized spacial score (nSPS) is 12.1. The maximum absolute atomic E-state index is 12.5. The minimum Gasteiger partial charge on any atom is -0.302 e. The molecule has 1 heterocycles. The van der Waals surface area contributed by atoms with Crippen LogP contribution in [0.4, 0.5) is 0 Å². The number of Topliss-reactive ketones (excluding diaryl/α,β-unsaturated/α-hetero) is 1. The zero-order valence-electron chi connectivity index (χ0n) is 13.7. The molecule has 122 valence electrons. The molecule has 0 spiro atoms. The summed E-state index contributed by atoms with van der Waals surface area (Å²) in [5.74, 6) is 0.937. The molecule has 2 aromatic carbocycles. The molecule has 5 heteroatoms. The summed E-state index contributed by atoms with van der Waals surface area (Å²) in [7, 11) is 0. The van der Waals surface area contributed by atoms with Crippen molar-refractivity contribution < 1.29 is 4.79 Å². The van der Waals surface area contributed by atoms with Gasteiger partial charge in [0.15, 0.2) is 16.8 Å². The summed E-state index contributed by atoms with van der Waals surface area (Å²) in [6.07, 6.45) is 0. The Balaban J connectivity index is 1.83. The van der Waals surface area contributed by atoms with Crippen LogP contribution in [0, 0.1) is 0 Å². The Hall–Kier alpha value is -2.40. The highest BCUT2D eigenvalue weighted by atomic mass is 32.2. The van der Waals surface area contributed by atoms with Crippen LogP contribution in [-0.4, -0.2) is 25.8 Å². The maximum Gasteiger partial charge on any atom is 0.192 e. The number of carbonyl (C=O) groups is 1. The number of hydrogen-bond donors (Lipinski definition) is 0. The van der Waals surface area contributed by atoms with Crippen molar-refractivity contribution in [1.82, 2.24) is 14.8 Å². The van der Waals surface area contributed by atoms with Crippen LogP contribution < -0.4 is 0 Å². The van der Waals surface area contributed by atoms with E-state index in [0.29, 0.717) is 0 Å². The van der Waals surface area contributed by atoms with Crippen LogP contribution in [-0.2, 0) is 6.54 Å². The van der Waals surface area contributed by atoms with E-state index in [2.05, 4.69) is 21.7 Å². The molecule has 0 aliphatic rings. The maximum atomic E-state index is 12.5. The predicted molar refractivity (Wildman–Crippen MR) is 97.2 cm³/mol. The molecule has 0 amide bonds. The van der Waals surface area contributed by atoms with Crippen LogP contribution in [0.3, 0.4) is 0 Å². The van der Waals surface area contributed by atoms with Gasteiger partial charge >= 0.3 is 0 Å². The van der Waals surface area contributed by atoms with Crippen molar-refractivity contribution >= 4 is 17.5 Å². The van der Waals surface area contributed by atoms with E-state index in [9.17, 15) is 4.79 Å². The minimum absolute atomic E-state index is 0.104. The van der Waals surface area contributed by atoms with Gasteiger partial charge in [-0.1, -0.05) is 72.4 Å². The fourth-order valence-corrected chi connectivity index (χ4v) is 3.50. The van der Waals surface area contributed by atoms with Crippen molar-refractivity contribution in [3.63, 3.8) is 0 Å². The summed E-state index contributed by atoms with van der Waals surface area (Å²) in [5.41, 5.74) is 1.75. The Kier molecular flexibility index (Phi) is 5.11. The highest BCUT2D eigenvalue weighted by Gasteiger charge is 2.21. The zero-order chi connectivity index (χ0) is 16.9. The first-order chi connectivity index (χ1) is 11.7. The molecular weight excluding hydrogens is 318 g/mol. The standard InChI is InChI=1S/C19H19N3OS/c1-3-22-18(16-12-8-5-9-13-16)20-21-19(22)24-14(2)17(23)15-10-6-4-7-11-15/h4-14H,3H2,1-2H3. The number of hydrogen-bond acceptors (Lipinski definition) is 4. The highest BCUT2D eigenvalue weighted by molar-refractivity contribution is 8.00. The average molecular weight is 337 g/mol. The van der Waals surface area contributed by atoms with Crippen LogP contribution in [0.1, 0.15) is 24.2 Å². The molecule has 24 heavy (non-hydrogen) atoms. The summed E-state index contributed by atoms with van der Waals surface area (Å²) in [6, 6.07) is 19.3. The highest BCUT2D eigenvalue weighted by Crippen LogP contribution is 2.28.